The highest BCUT2D eigenvalue weighted by atomic mass is 35.5. The summed E-state index contributed by atoms with van der Waals surface area (Å²) in [5, 5.41) is 17.3. The number of nitrogens with one attached hydrogen (secondary N) is 1. The van der Waals surface area contributed by atoms with Crippen LogP contribution < -0.4 is 5.32 Å². The maximum absolute atomic E-state index is 13.7. The van der Waals surface area contributed by atoms with E-state index in [9.17, 15) is 32.9 Å². The van der Waals surface area contributed by atoms with Crippen molar-refractivity contribution in [3.8, 4) is 5.69 Å². The highest BCUT2D eigenvalue weighted by molar-refractivity contribution is 6.31. The largest absolute Gasteiger partial charge is 0.462 e. The molecular weight excluding hydrogens is 469 g/mol. The summed E-state index contributed by atoms with van der Waals surface area (Å²) < 4.78 is 46.3. The smallest absolute Gasteiger partial charge is 0.434 e. The number of carbonyl (C=O) groups is 2. The zero-order valence-corrected chi connectivity index (χ0v) is 17.5. The summed E-state index contributed by atoms with van der Waals surface area (Å²) in [6, 6.07) is 8.59. The monoisotopic (exact) mass is 482 g/mol. The Morgan fingerprint density at radius 3 is 2.58 bits per heavy atom. The molecule has 0 fully saturated rings. The van der Waals surface area contributed by atoms with Crippen LogP contribution in [0.25, 0.3) is 5.69 Å². The fraction of sp³-hybridized carbons (Fsp3) is 0.150. The molecule has 33 heavy (non-hydrogen) atoms. The number of aromatic nitrogens is 2. The number of alkyl halides is 3. The standard InChI is InChI=1S/C20H14ClF3N4O5/c1-2-33-19(30)15-10-25-27(17(15)20(22,23)24)13-5-3-4-12(9-13)26-18(29)14-7-6-11(21)8-16(14)28(31)32/h3-10H,2H2,1H3,(H,26,29). The number of rotatable bonds is 6. The van der Waals surface area contributed by atoms with Gasteiger partial charge in [0.15, 0.2) is 5.69 Å². The number of carbonyl (C=O) groups excluding carboxylic acids is 2. The highest BCUT2D eigenvalue weighted by Gasteiger charge is 2.41. The fourth-order valence-electron chi connectivity index (χ4n) is 2.94. The Morgan fingerprint density at radius 2 is 1.94 bits per heavy atom. The lowest BCUT2D eigenvalue weighted by atomic mass is 10.1. The molecular formula is C20H14ClF3N4O5. The molecule has 1 N–H and O–H groups in total. The Labute approximate surface area is 188 Å². The molecule has 2 aromatic carbocycles. The topological polar surface area (TPSA) is 116 Å². The minimum absolute atomic E-state index is 0.0306. The van der Waals surface area contributed by atoms with Gasteiger partial charge in [-0.25, -0.2) is 9.48 Å². The summed E-state index contributed by atoms with van der Waals surface area (Å²) in [5.74, 6) is -2.06. The quantitative estimate of drug-likeness (QED) is 0.304. The molecule has 0 atom stereocenters. The van der Waals surface area contributed by atoms with Crippen molar-refractivity contribution in [1.29, 1.82) is 0 Å². The molecule has 1 amide bonds. The van der Waals surface area contributed by atoms with Gasteiger partial charge < -0.3 is 10.1 Å². The number of nitro groups is 1. The van der Waals surface area contributed by atoms with E-state index < -0.39 is 39.9 Å². The second-order valence-electron chi connectivity index (χ2n) is 6.46. The average Bonchev–Trinajstić information content (AvgIpc) is 3.20. The van der Waals surface area contributed by atoms with Crippen molar-refractivity contribution >= 4 is 34.9 Å². The van der Waals surface area contributed by atoms with E-state index >= 15 is 0 Å². The normalized spacial score (nSPS) is 11.2. The minimum Gasteiger partial charge on any atom is -0.462 e. The lowest BCUT2D eigenvalue weighted by Gasteiger charge is -2.13. The van der Waals surface area contributed by atoms with Crippen LogP contribution in [-0.2, 0) is 10.9 Å². The van der Waals surface area contributed by atoms with E-state index in [1.54, 1.807) is 0 Å². The Hall–Kier alpha value is -3.93. The summed E-state index contributed by atoms with van der Waals surface area (Å²) in [6.45, 7) is 1.33. The van der Waals surface area contributed by atoms with E-state index in [0.29, 0.717) is 4.68 Å². The van der Waals surface area contributed by atoms with Crippen molar-refractivity contribution in [3.05, 3.63) is 80.6 Å². The zero-order valence-electron chi connectivity index (χ0n) is 16.7. The van der Waals surface area contributed by atoms with E-state index in [-0.39, 0.29) is 28.6 Å². The zero-order chi connectivity index (χ0) is 24.3. The molecule has 0 unspecified atom stereocenters. The van der Waals surface area contributed by atoms with Gasteiger partial charge in [0.2, 0.25) is 0 Å². The van der Waals surface area contributed by atoms with Crippen LogP contribution in [-0.4, -0.2) is 33.2 Å². The lowest BCUT2D eigenvalue weighted by molar-refractivity contribution is -0.385. The molecule has 0 spiro atoms. The number of hydrogen-bond acceptors (Lipinski definition) is 6. The number of nitrogens with zero attached hydrogens (tertiary/aromatic N) is 3. The van der Waals surface area contributed by atoms with Gasteiger partial charge in [0.05, 0.1) is 23.4 Å². The first-order valence-corrected chi connectivity index (χ1v) is 9.58. The van der Waals surface area contributed by atoms with Crippen LogP contribution >= 0.6 is 11.6 Å². The summed E-state index contributed by atoms with van der Waals surface area (Å²) in [7, 11) is 0. The Kier molecular flexibility index (Phi) is 6.68. The van der Waals surface area contributed by atoms with Crippen LogP contribution in [0.1, 0.15) is 33.3 Å². The molecule has 1 aromatic heterocycles. The van der Waals surface area contributed by atoms with Gasteiger partial charge in [0.25, 0.3) is 11.6 Å². The van der Waals surface area contributed by atoms with Gasteiger partial charge in [-0.3, -0.25) is 14.9 Å². The summed E-state index contributed by atoms with van der Waals surface area (Å²) in [5.41, 5.74) is -3.05. The van der Waals surface area contributed by atoms with Gasteiger partial charge in [0, 0.05) is 16.8 Å². The summed E-state index contributed by atoms with van der Waals surface area (Å²) in [4.78, 5) is 34.9. The maximum Gasteiger partial charge on any atom is 0.434 e. The van der Waals surface area contributed by atoms with Crippen LogP contribution in [0.2, 0.25) is 5.02 Å². The predicted molar refractivity (Wildman–Crippen MR) is 111 cm³/mol. The van der Waals surface area contributed by atoms with Crippen LogP contribution in [0.3, 0.4) is 0 Å². The highest BCUT2D eigenvalue weighted by Crippen LogP contribution is 2.34. The molecule has 0 saturated carbocycles. The van der Waals surface area contributed by atoms with Crippen LogP contribution in [0, 0.1) is 10.1 Å². The van der Waals surface area contributed by atoms with Gasteiger partial charge in [-0.2, -0.15) is 18.3 Å². The SMILES string of the molecule is CCOC(=O)c1cnn(-c2cccc(NC(=O)c3ccc(Cl)cc3[N+](=O)[O-])c2)c1C(F)(F)F. The third kappa shape index (κ3) is 5.12. The minimum atomic E-state index is -4.94. The molecule has 172 valence electrons. The van der Waals surface area contributed by atoms with Crippen molar-refractivity contribution in [3.63, 3.8) is 0 Å². The van der Waals surface area contributed by atoms with Crippen LogP contribution in [0.5, 0.6) is 0 Å². The van der Waals surface area contributed by atoms with E-state index in [1.165, 1.54) is 31.2 Å². The van der Waals surface area contributed by atoms with Crippen molar-refractivity contribution in [2.45, 2.75) is 13.1 Å². The first-order valence-electron chi connectivity index (χ1n) is 9.21. The molecule has 0 radical (unpaired) electrons. The Balaban J connectivity index is 1.98. The van der Waals surface area contributed by atoms with Gasteiger partial charge in [-0.05, 0) is 37.3 Å². The lowest BCUT2D eigenvalue weighted by Crippen LogP contribution is -2.19. The van der Waals surface area contributed by atoms with E-state index in [0.717, 1.165) is 24.4 Å². The molecule has 0 aliphatic heterocycles. The molecule has 0 saturated heterocycles. The van der Waals surface area contributed by atoms with E-state index in [2.05, 4.69) is 15.2 Å². The van der Waals surface area contributed by atoms with Crippen molar-refractivity contribution in [1.82, 2.24) is 9.78 Å². The average molecular weight is 483 g/mol. The second kappa shape index (κ2) is 9.28. The number of hydrogen-bond donors (Lipinski definition) is 1. The molecule has 0 bridgehead atoms. The number of anilines is 1. The van der Waals surface area contributed by atoms with Crippen LogP contribution in [0.4, 0.5) is 24.5 Å². The predicted octanol–water partition coefficient (Wildman–Crippen LogP) is 4.88. The van der Waals surface area contributed by atoms with Gasteiger partial charge in [-0.1, -0.05) is 17.7 Å². The number of nitro benzene ring substituents is 1. The summed E-state index contributed by atoms with van der Waals surface area (Å²) in [6.07, 6.45) is -4.20. The van der Waals surface area contributed by atoms with Crippen molar-refractivity contribution in [2.75, 3.05) is 11.9 Å². The Morgan fingerprint density at radius 1 is 1.21 bits per heavy atom. The van der Waals surface area contributed by atoms with Crippen molar-refractivity contribution in [2.24, 2.45) is 0 Å². The van der Waals surface area contributed by atoms with Crippen molar-refractivity contribution < 1.29 is 32.4 Å². The van der Waals surface area contributed by atoms with Crippen LogP contribution in [0.15, 0.2) is 48.7 Å². The molecule has 0 aliphatic rings. The van der Waals surface area contributed by atoms with Gasteiger partial charge in [0.1, 0.15) is 11.1 Å². The summed E-state index contributed by atoms with van der Waals surface area (Å²) >= 11 is 5.74. The third-order valence-electron chi connectivity index (χ3n) is 4.28. The Bertz CT molecular complexity index is 1240. The second-order valence-corrected chi connectivity index (χ2v) is 6.90. The molecule has 9 nitrogen and oxygen atoms in total. The number of benzene rings is 2. The van der Waals surface area contributed by atoms with Gasteiger partial charge >= 0.3 is 12.1 Å². The van der Waals surface area contributed by atoms with E-state index in [4.69, 9.17) is 11.6 Å². The number of esters is 1. The van der Waals surface area contributed by atoms with Gasteiger partial charge in [-0.15, -0.1) is 0 Å². The maximum atomic E-state index is 13.7. The molecule has 3 aromatic rings. The third-order valence-corrected chi connectivity index (χ3v) is 4.52. The molecule has 1 heterocycles. The fourth-order valence-corrected chi connectivity index (χ4v) is 3.10. The molecule has 13 heteroatoms. The first-order chi connectivity index (χ1) is 15.5. The molecule has 3 rings (SSSR count). The molecule has 0 aliphatic carbocycles. The number of amides is 1. The number of halogens is 4. The number of ether oxygens (including phenoxy) is 1. The first kappa shape index (κ1) is 23.7. The van der Waals surface area contributed by atoms with E-state index in [1.807, 2.05) is 0 Å².